The van der Waals surface area contributed by atoms with Crippen molar-refractivity contribution in [3.63, 3.8) is 0 Å². The summed E-state index contributed by atoms with van der Waals surface area (Å²) in [6.45, 7) is -0.346. The summed E-state index contributed by atoms with van der Waals surface area (Å²) in [5.74, 6) is -2.03. The molecular formula is C38H46F4N4O6. The minimum Gasteiger partial charge on any atom is -0.427 e. The zero-order valence-electron chi connectivity index (χ0n) is 29.4. The number of amides is 5. The summed E-state index contributed by atoms with van der Waals surface area (Å²) in [6.07, 6.45) is 5.18. The quantitative estimate of drug-likeness (QED) is 0.143. The van der Waals surface area contributed by atoms with E-state index in [1.54, 1.807) is 18.2 Å². The summed E-state index contributed by atoms with van der Waals surface area (Å²) >= 11 is 0. The molecule has 1 spiro atoms. The minimum atomic E-state index is -4.81. The summed E-state index contributed by atoms with van der Waals surface area (Å²) in [5, 5.41) is 5.67. The Hall–Kier alpha value is -4.49. The highest BCUT2D eigenvalue weighted by atomic mass is 19.4. The second-order valence-electron chi connectivity index (χ2n) is 14.1. The lowest BCUT2D eigenvalue weighted by Gasteiger charge is -2.31. The molecule has 2 aromatic rings. The van der Waals surface area contributed by atoms with Gasteiger partial charge in [-0.3, -0.25) is 19.2 Å². The molecule has 5 rings (SSSR count). The predicted molar refractivity (Wildman–Crippen MR) is 183 cm³/mol. The van der Waals surface area contributed by atoms with Gasteiger partial charge in [0.2, 0.25) is 23.3 Å². The fourth-order valence-corrected chi connectivity index (χ4v) is 7.34. The van der Waals surface area contributed by atoms with Crippen molar-refractivity contribution < 1.29 is 46.3 Å². The number of carbonyl (C=O) groups excluding carboxylic acids is 5. The van der Waals surface area contributed by atoms with Gasteiger partial charge in [-0.1, -0.05) is 63.1 Å². The number of hydrogen-bond donors (Lipinski definition) is 2. The summed E-state index contributed by atoms with van der Waals surface area (Å²) in [5.41, 5.74) is -0.0646. The van der Waals surface area contributed by atoms with Crippen LogP contribution in [-0.2, 0) is 42.5 Å². The Bertz CT molecular complexity index is 1630. The molecular weight excluding hydrogens is 684 g/mol. The number of nitrogens with zero attached hydrogens (tertiary/aromatic N) is 2. The number of ether oxygens (including phenoxy) is 1. The first kappa shape index (κ1) is 38.7. The molecule has 2 N–H and O–H groups in total. The SMILES string of the molecule is C[C@H](N(Cc1ccc(F)cc1)C(=O)CN1C(=O)O[C@@]2(CCc3cc(NC(=O)CCCNC(=O)CCCCCC4CCCC4)ccc32)C1=O)C(F)(F)F. The van der Waals surface area contributed by atoms with E-state index in [-0.39, 0.29) is 30.2 Å². The van der Waals surface area contributed by atoms with Crippen molar-refractivity contribution >= 4 is 35.4 Å². The van der Waals surface area contributed by atoms with Gasteiger partial charge >= 0.3 is 12.3 Å². The Kier molecular flexibility index (Phi) is 12.6. The first-order valence-corrected chi connectivity index (χ1v) is 18.1. The number of fused-ring (bicyclic) bond motifs is 2. The molecule has 14 heteroatoms. The van der Waals surface area contributed by atoms with Crippen molar-refractivity contribution in [1.82, 2.24) is 15.1 Å². The highest BCUT2D eigenvalue weighted by Gasteiger charge is 2.58. The number of alkyl halides is 3. The van der Waals surface area contributed by atoms with Gasteiger partial charge in [0.15, 0.2) is 0 Å². The summed E-state index contributed by atoms with van der Waals surface area (Å²) in [4.78, 5) is 65.7. The van der Waals surface area contributed by atoms with E-state index >= 15 is 0 Å². The molecule has 1 aliphatic heterocycles. The normalized spacial score (nSPS) is 19.1. The van der Waals surface area contributed by atoms with Crippen LogP contribution in [0.4, 0.5) is 28.0 Å². The highest BCUT2D eigenvalue weighted by molar-refractivity contribution is 6.06. The molecule has 1 saturated carbocycles. The maximum Gasteiger partial charge on any atom is 0.418 e. The van der Waals surface area contributed by atoms with E-state index in [1.807, 2.05) is 0 Å². The highest BCUT2D eigenvalue weighted by Crippen LogP contribution is 2.46. The number of carbonyl (C=O) groups is 5. The van der Waals surface area contributed by atoms with Crippen molar-refractivity contribution in [2.75, 3.05) is 18.4 Å². The standard InChI is InChI=1S/C38H46F4N4O6/c1-25(38(40,41)42)45(23-27-13-15-29(39)16-14-27)34(49)24-46-35(50)37(52-36(46)51)20-19-28-22-30(17-18-31(28)37)44-33(48)12-7-21-43-32(47)11-4-2-3-8-26-9-5-6-10-26/h13-18,22,25-26H,2-12,19-21,23-24H2,1H3,(H,43,47)(H,44,48)/t25-,37+/m0/s1. The fourth-order valence-electron chi connectivity index (χ4n) is 7.34. The summed E-state index contributed by atoms with van der Waals surface area (Å²) < 4.78 is 60.2. The number of anilines is 1. The molecule has 0 unspecified atom stereocenters. The topological polar surface area (TPSA) is 125 Å². The third kappa shape index (κ3) is 9.48. The average Bonchev–Trinajstić information content (AvgIpc) is 3.81. The zero-order valence-corrected chi connectivity index (χ0v) is 29.4. The van der Waals surface area contributed by atoms with Crippen LogP contribution in [0.3, 0.4) is 0 Å². The second kappa shape index (κ2) is 16.9. The first-order chi connectivity index (χ1) is 24.8. The monoisotopic (exact) mass is 730 g/mol. The second-order valence-corrected chi connectivity index (χ2v) is 14.1. The zero-order chi connectivity index (χ0) is 37.5. The van der Waals surface area contributed by atoms with Crippen LogP contribution < -0.4 is 10.6 Å². The number of imide groups is 1. The number of benzene rings is 2. The van der Waals surface area contributed by atoms with Gasteiger partial charge in [0, 0.05) is 43.6 Å². The average molecular weight is 731 g/mol. The number of aryl methyl sites for hydroxylation is 1. The maximum atomic E-state index is 13.7. The molecule has 2 atom stereocenters. The van der Waals surface area contributed by atoms with E-state index < -0.39 is 54.6 Å². The molecule has 1 heterocycles. The smallest absolute Gasteiger partial charge is 0.418 e. The van der Waals surface area contributed by atoms with Gasteiger partial charge in [-0.2, -0.15) is 13.2 Å². The Morgan fingerprint density at radius 3 is 2.40 bits per heavy atom. The number of hydrogen-bond acceptors (Lipinski definition) is 6. The largest absolute Gasteiger partial charge is 0.427 e. The van der Waals surface area contributed by atoms with Gasteiger partial charge in [-0.25, -0.2) is 14.1 Å². The third-order valence-corrected chi connectivity index (χ3v) is 10.4. The van der Waals surface area contributed by atoms with Gasteiger partial charge in [-0.15, -0.1) is 0 Å². The summed E-state index contributed by atoms with van der Waals surface area (Å²) in [6, 6.07) is 7.11. The van der Waals surface area contributed by atoms with Crippen molar-refractivity contribution in [1.29, 1.82) is 0 Å². The van der Waals surface area contributed by atoms with E-state index in [0.717, 1.165) is 44.2 Å². The van der Waals surface area contributed by atoms with E-state index in [2.05, 4.69) is 10.6 Å². The number of unbranched alkanes of at least 4 members (excludes halogenated alkanes) is 2. The molecule has 0 bridgehead atoms. The van der Waals surface area contributed by atoms with Gasteiger partial charge < -0.3 is 20.3 Å². The molecule has 0 radical (unpaired) electrons. The van der Waals surface area contributed by atoms with Gasteiger partial charge in [-0.05, 0) is 67.5 Å². The van der Waals surface area contributed by atoms with Crippen LogP contribution in [0.15, 0.2) is 42.5 Å². The Morgan fingerprint density at radius 2 is 1.69 bits per heavy atom. The van der Waals surface area contributed by atoms with Gasteiger partial charge in [0.05, 0.1) is 0 Å². The van der Waals surface area contributed by atoms with Crippen LogP contribution in [0, 0.1) is 11.7 Å². The molecule has 3 aliphatic rings. The van der Waals surface area contributed by atoms with Crippen molar-refractivity contribution in [2.45, 2.75) is 115 Å². The molecule has 282 valence electrons. The maximum absolute atomic E-state index is 13.7. The first-order valence-electron chi connectivity index (χ1n) is 18.1. The molecule has 2 fully saturated rings. The van der Waals surface area contributed by atoms with E-state index in [9.17, 15) is 41.5 Å². The number of halogens is 4. The van der Waals surface area contributed by atoms with Crippen LogP contribution in [0.2, 0.25) is 0 Å². The molecule has 5 amide bonds. The molecule has 52 heavy (non-hydrogen) atoms. The minimum absolute atomic E-state index is 0.0166. The Labute approximate surface area is 300 Å². The molecule has 2 aliphatic carbocycles. The van der Waals surface area contributed by atoms with Crippen molar-refractivity contribution in [3.8, 4) is 0 Å². The van der Waals surface area contributed by atoms with Gasteiger partial charge in [0.25, 0.3) is 5.91 Å². The lowest BCUT2D eigenvalue weighted by molar-refractivity contribution is -0.187. The van der Waals surface area contributed by atoms with Crippen LogP contribution >= 0.6 is 0 Å². The van der Waals surface area contributed by atoms with E-state index in [1.165, 1.54) is 44.2 Å². The fraction of sp³-hybridized carbons (Fsp3) is 0.553. The van der Waals surface area contributed by atoms with Crippen LogP contribution in [-0.4, -0.2) is 64.8 Å². The third-order valence-electron chi connectivity index (χ3n) is 10.4. The molecule has 10 nitrogen and oxygen atoms in total. The lowest BCUT2D eigenvalue weighted by Crippen LogP contribution is -2.51. The molecule has 0 aromatic heterocycles. The van der Waals surface area contributed by atoms with Crippen LogP contribution in [0.5, 0.6) is 0 Å². The van der Waals surface area contributed by atoms with Gasteiger partial charge in [0.1, 0.15) is 18.4 Å². The Morgan fingerprint density at radius 1 is 0.981 bits per heavy atom. The van der Waals surface area contributed by atoms with Crippen LogP contribution in [0.1, 0.15) is 101 Å². The van der Waals surface area contributed by atoms with E-state index in [0.29, 0.717) is 52.4 Å². The number of rotatable bonds is 16. The van der Waals surface area contributed by atoms with Crippen molar-refractivity contribution in [3.05, 3.63) is 65.0 Å². The molecule has 2 aromatic carbocycles. The number of nitrogens with one attached hydrogen (secondary N) is 2. The van der Waals surface area contributed by atoms with Crippen LogP contribution in [0.25, 0.3) is 0 Å². The predicted octanol–water partition coefficient (Wildman–Crippen LogP) is 6.90. The molecule has 1 saturated heterocycles. The van der Waals surface area contributed by atoms with E-state index in [4.69, 9.17) is 4.74 Å². The summed E-state index contributed by atoms with van der Waals surface area (Å²) in [7, 11) is 0. The lowest BCUT2D eigenvalue weighted by atomic mass is 9.94. The van der Waals surface area contributed by atoms with Crippen molar-refractivity contribution in [2.24, 2.45) is 5.92 Å². The Balaban J connectivity index is 1.10.